The van der Waals surface area contributed by atoms with Crippen molar-refractivity contribution in [2.45, 2.75) is 12.5 Å². The minimum absolute atomic E-state index is 0.0452. The third kappa shape index (κ3) is 4.85. The molecule has 1 fully saturated rings. The SMILES string of the molecule is COc1ccc(N(CC(=O)N(C)C2CCS(=O)(=O)C2)S(C)(=O)=O)cc1. The number of sulfone groups is 1. The summed E-state index contributed by atoms with van der Waals surface area (Å²) in [4.78, 5) is 13.8. The summed E-state index contributed by atoms with van der Waals surface area (Å²) in [5, 5.41) is 0. The highest BCUT2D eigenvalue weighted by molar-refractivity contribution is 7.92. The summed E-state index contributed by atoms with van der Waals surface area (Å²) < 4.78 is 53.4. The van der Waals surface area contributed by atoms with Crippen LogP contribution in [0.15, 0.2) is 24.3 Å². The monoisotopic (exact) mass is 390 g/mol. The predicted octanol–water partition coefficient (Wildman–Crippen LogP) is 0.107. The molecule has 0 N–H and O–H groups in total. The van der Waals surface area contributed by atoms with E-state index < -0.39 is 38.4 Å². The number of hydrogen-bond donors (Lipinski definition) is 0. The van der Waals surface area contributed by atoms with Crippen molar-refractivity contribution >= 4 is 31.5 Å². The fourth-order valence-electron chi connectivity index (χ4n) is 2.67. The highest BCUT2D eigenvalue weighted by Gasteiger charge is 2.34. The maximum Gasteiger partial charge on any atom is 0.243 e. The third-order valence-electron chi connectivity index (χ3n) is 4.19. The van der Waals surface area contributed by atoms with Crippen LogP contribution in [0.2, 0.25) is 0 Å². The van der Waals surface area contributed by atoms with Crippen LogP contribution in [0, 0.1) is 0 Å². The van der Waals surface area contributed by atoms with Crippen LogP contribution in [-0.4, -0.2) is 72.1 Å². The van der Waals surface area contributed by atoms with E-state index >= 15 is 0 Å². The highest BCUT2D eigenvalue weighted by Crippen LogP contribution is 2.22. The molecule has 0 radical (unpaired) electrons. The molecule has 1 amide bonds. The van der Waals surface area contributed by atoms with Gasteiger partial charge in [0.25, 0.3) is 0 Å². The summed E-state index contributed by atoms with van der Waals surface area (Å²) in [6, 6.07) is 5.88. The number of carbonyl (C=O) groups is 1. The molecule has 1 heterocycles. The maximum atomic E-state index is 12.5. The van der Waals surface area contributed by atoms with E-state index in [1.165, 1.54) is 19.1 Å². The molecule has 2 rings (SSSR count). The van der Waals surface area contributed by atoms with Crippen molar-refractivity contribution in [1.82, 2.24) is 4.90 Å². The van der Waals surface area contributed by atoms with Crippen molar-refractivity contribution in [3.8, 4) is 5.75 Å². The van der Waals surface area contributed by atoms with Crippen LogP contribution < -0.4 is 9.04 Å². The summed E-state index contributed by atoms with van der Waals surface area (Å²) in [6.07, 6.45) is 1.39. The van der Waals surface area contributed by atoms with Gasteiger partial charge in [-0.2, -0.15) is 0 Å². The van der Waals surface area contributed by atoms with E-state index in [-0.39, 0.29) is 11.5 Å². The van der Waals surface area contributed by atoms with Gasteiger partial charge in [0, 0.05) is 13.1 Å². The number of ether oxygens (including phenoxy) is 1. The normalized spacial score (nSPS) is 19.4. The van der Waals surface area contributed by atoms with Gasteiger partial charge in [0.15, 0.2) is 9.84 Å². The Balaban J connectivity index is 2.18. The first-order valence-corrected chi connectivity index (χ1v) is 11.3. The number of benzene rings is 1. The Morgan fingerprint density at radius 3 is 2.32 bits per heavy atom. The Hall–Kier alpha value is -1.81. The quantitative estimate of drug-likeness (QED) is 0.683. The van der Waals surface area contributed by atoms with E-state index in [1.54, 1.807) is 24.3 Å². The van der Waals surface area contributed by atoms with E-state index in [0.717, 1.165) is 10.6 Å². The van der Waals surface area contributed by atoms with Crippen LogP contribution in [-0.2, 0) is 24.7 Å². The zero-order valence-corrected chi connectivity index (χ0v) is 16.0. The zero-order chi connectivity index (χ0) is 18.8. The second-order valence-electron chi connectivity index (χ2n) is 6.03. The topological polar surface area (TPSA) is 101 Å². The molecule has 0 bridgehead atoms. The highest BCUT2D eigenvalue weighted by atomic mass is 32.2. The molecule has 1 aliphatic rings. The van der Waals surface area contributed by atoms with Crippen molar-refractivity contribution < 1.29 is 26.4 Å². The minimum Gasteiger partial charge on any atom is -0.497 e. The van der Waals surface area contributed by atoms with Crippen molar-refractivity contribution in [1.29, 1.82) is 0 Å². The molecule has 1 saturated heterocycles. The number of carbonyl (C=O) groups excluding carboxylic acids is 1. The number of hydrogen-bond acceptors (Lipinski definition) is 6. The maximum absolute atomic E-state index is 12.5. The van der Waals surface area contributed by atoms with Gasteiger partial charge in [-0.1, -0.05) is 0 Å². The smallest absolute Gasteiger partial charge is 0.243 e. The van der Waals surface area contributed by atoms with Crippen molar-refractivity contribution in [2.75, 3.05) is 42.8 Å². The molecule has 140 valence electrons. The lowest BCUT2D eigenvalue weighted by Crippen LogP contribution is -2.45. The average molecular weight is 390 g/mol. The van der Waals surface area contributed by atoms with Gasteiger partial charge >= 0.3 is 0 Å². The summed E-state index contributed by atoms with van der Waals surface area (Å²) in [7, 11) is -3.82. The van der Waals surface area contributed by atoms with Crippen LogP contribution in [0.25, 0.3) is 0 Å². The average Bonchev–Trinajstić information content (AvgIpc) is 2.90. The van der Waals surface area contributed by atoms with Gasteiger partial charge in [-0.05, 0) is 30.7 Å². The zero-order valence-electron chi connectivity index (χ0n) is 14.4. The number of sulfonamides is 1. The molecule has 1 atom stereocenters. The van der Waals surface area contributed by atoms with Gasteiger partial charge in [0.05, 0.1) is 30.6 Å². The Morgan fingerprint density at radius 1 is 1.28 bits per heavy atom. The lowest BCUT2D eigenvalue weighted by atomic mass is 10.2. The first-order valence-electron chi connectivity index (χ1n) is 7.61. The third-order valence-corrected chi connectivity index (χ3v) is 7.08. The van der Waals surface area contributed by atoms with E-state index in [9.17, 15) is 21.6 Å². The second-order valence-corrected chi connectivity index (χ2v) is 10.2. The number of amides is 1. The summed E-state index contributed by atoms with van der Waals surface area (Å²) in [5.41, 5.74) is 0.337. The van der Waals surface area contributed by atoms with Crippen LogP contribution in [0.4, 0.5) is 5.69 Å². The van der Waals surface area contributed by atoms with Gasteiger partial charge in [-0.3, -0.25) is 9.10 Å². The van der Waals surface area contributed by atoms with Gasteiger partial charge in [-0.25, -0.2) is 16.8 Å². The predicted molar refractivity (Wildman–Crippen MR) is 95.0 cm³/mol. The van der Waals surface area contributed by atoms with E-state index in [1.807, 2.05) is 0 Å². The minimum atomic E-state index is -3.69. The summed E-state index contributed by atoms with van der Waals surface area (Å²) in [5.74, 6) is 0.0698. The number of nitrogens with zero attached hydrogens (tertiary/aromatic N) is 2. The fraction of sp³-hybridized carbons (Fsp3) is 0.533. The Labute approximate surface area is 148 Å². The van der Waals surface area contributed by atoms with Crippen LogP contribution in [0.5, 0.6) is 5.75 Å². The van der Waals surface area contributed by atoms with Gasteiger partial charge in [0.2, 0.25) is 15.9 Å². The Kier molecular flexibility index (Phi) is 5.62. The first kappa shape index (κ1) is 19.5. The lowest BCUT2D eigenvalue weighted by Gasteiger charge is -2.28. The fourth-order valence-corrected chi connectivity index (χ4v) is 5.29. The molecule has 1 unspecified atom stereocenters. The standard InChI is InChI=1S/C15H22N2O6S2/c1-16(13-8-9-25(21,22)11-13)15(18)10-17(24(3,19)20)12-4-6-14(23-2)7-5-12/h4-7,13H,8-11H2,1-3H3. The number of likely N-dealkylation sites (N-methyl/N-ethyl adjacent to an activating group) is 1. The molecule has 1 aromatic carbocycles. The second kappa shape index (κ2) is 7.20. The molecule has 0 saturated carbocycles. The van der Waals surface area contributed by atoms with Gasteiger partial charge < -0.3 is 9.64 Å². The van der Waals surface area contributed by atoms with E-state index in [0.29, 0.717) is 17.9 Å². The number of methoxy groups -OCH3 is 1. The molecule has 8 nitrogen and oxygen atoms in total. The summed E-state index contributed by atoms with van der Waals surface area (Å²) >= 11 is 0. The van der Waals surface area contributed by atoms with Crippen molar-refractivity contribution in [2.24, 2.45) is 0 Å². The lowest BCUT2D eigenvalue weighted by molar-refractivity contribution is -0.129. The largest absolute Gasteiger partial charge is 0.497 e. The Bertz CT molecular complexity index is 833. The van der Waals surface area contributed by atoms with Crippen LogP contribution in [0.3, 0.4) is 0 Å². The molecule has 0 aromatic heterocycles. The Morgan fingerprint density at radius 2 is 1.88 bits per heavy atom. The van der Waals surface area contributed by atoms with E-state index in [4.69, 9.17) is 4.74 Å². The molecule has 0 spiro atoms. The molecule has 25 heavy (non-hydrogen) atoms. The molecule has 0 aliphatic carbocycles. The number of anilines is 1. The van der Waals surface area contributed by atoms with Crippen molar-refractivity contribution in [3.05, 3.63) is 24.3 Å². The van der Waals surface area contributed by atoms with E-state index in [2.05, 4.69) is 0 Å². The van der Waals surface area contributed by atoms with Gasteiger partial charge in [-0.15, -0.1) is 0 Å². The molecule has 10 heteroatoms. The molecule has 1 aromatic rings. The summed E-state index contributed by atoms with van der Waals surface area (Å²) in [6.45, 7) is -0.391. The molecular weight excluding hydrogens is 368 g/mol. The van der Waals surface area contributed by atoms with Crippen LogP contribution >= 0.6 is 0 Å². The van der Waals surface area contributed by atoms with Crippen LogP contribution in [0.1, 0.15) is 6.42 Å². The molecule has 1 aliphatic heterocycles. The molecular formula is C15H22N2O6S2. The van der Waals surface area contributed by atoms with Gasteiger partial charge in [0.1, 0.15) is 12.3 Å². The van der Waals surface area contributed by atoms with Crippen molar-refractivity contribution in [3.63, 3.8) is 0 Å². The number of rotatable bonds is 6. The first-order chi connectivity index (χ1) is 11.5.